The van der Waals surface area contributed by atoms with Crippen molar-refractivity contribution >= 4 is 22.5 Å². The molecule has 4 aromatic rings. The topological polar surface area (TPSA) is 90.8 Å². The number of para-hydroxylation sites is 1. The minimum atomic E-state index is -0.183. The molecule has 0 atom stereocenters. The van der Waals surface area contributed by atoms with E-state index in [1.807, 2.05) is 55.5 Å². The molecule has 0 unspecified atom stereocenters. The lowest BCUT2D eigenvalue weighted by Gasteiger charge is -2.11. The number of furan rings is 1. The third-order valence-corrected chi connectivity index (χ3v) is 5.40. The van der Waals surface area contributed by atoms with E-state index in [1.54, 1.807) is 6.07 Å². The fourth-order valence-corrected chi connectivity index (χ4v) is 3.91. The first-order valence-corrected chi connectivity index (χ1v) is 11.0. The van der Waals surface area contributed by atoms with Crippen molar-refractivity contribution in [2.75, 3.05) is 6.61 Å². The molecule has 1 aromatic carbocycles. The summed E-state index contributed by atoms with van der Waals surface area (Å²) in [7, 11) is 0. The number of aromatic nitrogens is 3. The van der Waals surface area contributed by atoms with E-state index < -0.39 is 0 Å². The molecule has 0 bridgehead atoms. The Hall–Kier alpha value is -3.55. The van der Waals surface area contributed by atoms with Gasteiger partial charge in [0.2, 0.25) is 5.91 Å². The summed E-state index contributed by atoms with van der Waals surface area (Å²) in [5.41, 5.74) is 2.84. The van der Waals surface area contributed by atoms with Crippen molar-refractivity contribution in [3.05, 3.63) is 63.9 Å². The van der Waals surface area contributed by atoms with Gasteiger partial charge in [0.1, 0.15) is 22.9 Å². The molecule has 0 radical (unpaired) electrons. The average molecular weight is 437 g/mol. The van der Waals surface area contributed by atoms with Gasteiger partial charge in [-0.15, -0.1) is 0 Å². The van der Waals surface area contributed by atoms with Crippen LogP contribution in [-0.2, 0) is 24.3 Å². The molecule has 0 aliphatic carbocycles. The molecule has 3 aromatic heterocycles. The Morgan fingerprint density at radius 3 is 2.78 bits per heavy atom. The Bertz CT molecular complexity index is 1320. The maximum absolute atomic E-state index is 13.0. The zero-order valence-corrected chi connectivity index (χ0v) is 18.7. The van der Waals surface area contributed by atoms with Crippen molar-refractivity contribution < 1.29 is 13.9 Å². The van der Waals surface area contributed by atoms with Gasteiger partial charge in [0.25, 0.3) is 5.56 Å². The zero-order chi connectivity index (χ0) is 22.7. The predicted molar refractivity (Wildman–Crippen MR) is 122 cm³/mol. The molecule has 0 aliphatic rings. The maximum Gasteiger partial charge on any atom is 0.291 e. The number of nitrogens with one attached hydrogen (secondary N) is 1. The van der Waals surface area contributed by atoms with E-state index in [1.165, 1.54) is 4.68 Å². The van der Waals surface area contributed by atoms with Crippen LogP contribution in [0.2, 0.25) is 0 Å². The highest BCUT2D eigenvalue weighted by molar-refractivity contribution is 5.83. The first-order chi connectivity index (χ1) is 15.5. The van der Waals surface area contributed by atoms with Crippen molar-refractivity contribution in [2.24, 2.45) is 0 Å². The van der Waals surface area contributed by atoms with Crippen LogP contribution in [0.4, 0.5) is 0 Å². The van der Waals surface area contributed by atoms with Gasteiger partial charge in [-0.1, -0.05) is 25.1 Å². The van der Waals surface area contributed by atoms with Gasteiger partial charge in [-0.25, -0.2) is 4.68 Å². The Balaban J connectivity index is 1.42. The Kier molecular flexibility index (Phi) is 6.30. The van der Waals surface area contributed by atoms with Crippen LogP contribution in [0.3, 0.4) is 0 Å². The Morgan fingerprint density at radius 1 is 1.19 bits per heavy atom. The summed E-state index contributed by atoms with van der Waals surface area (Å²) < 4.78 is 14.6. The average Bonchev–Trinajstić information content (AvgIpc) is 3.31. The van der Waals surface area contributed by atoms with Crippen molar-refractivity contribution in [3.8, 4) is 5.75 Å². The van der Waals surface area contributed by atoms with Crippen LogP contribution >= 0.6 is 0 Å². The SMILES string of the molecule is CCOc1ccccc1CNC(=O)CCCn1nc(CC)n2c(cc3oc(C)cc32)c1=O. The van der Waals surface area contributed by atoms with E-state index in [4.69, 9.17) is 9.15 Å². The standard InChI is InChI=1S/C24H28N4O4/c1-4-22-26-27(24(30)19-14-21-18(28(19)22)13-16(3)32-21)12-8-11-23(29)25-15-17-9-6-7-10-20(17)31-5-2/h6-7,9-10,13-14H,4-5,8,11-12,15H2,1-3H3,(H,25,29). The van der Waals surface area contributed by atoms with Crippen LogP contribution in [-0.4, -0.2) is 26.7 Å². The highest BCUT2D eigenvalue weighted by Crippen LogP contribution is 2.23. The number of nitrogens with zero attached hydrogens (tertiary/aromatic N) is 3. The molecule has 0 aliphatic heterocycles. The molecule has 0 spiro atoms. The quantitative estimate of drug-likeness (QED) is 0.433. The number of fused-ring (bicyclic) bond motifs is 3. The van der Waals surface area contributed by atoms with E-state index in [9.17, 15) is 9.59 Å². The number of aryl methyl sites for hydroxylation is 3. The number of hydrogen-bond donors (Lipinski definition) is 1. The summed E-state index contributed by atoms with van der Waals surface area (Å²) in [6.07, 6.45) is 1.49. The number of carbonyl (C=O) groups excluding carboxylic acids is 1. The van der Waals surface area contributed by atoms with Gasteiger partial charge in [-0.05, 0) is 26.3 Å². The third kappa shape index (κ3) is 4.26. The first kappa shape index (κ1) is 21.7. The summed E-state index contributed by atoms with van der Waals surface area (Å²) in [4.78, 5) is 25.3. The lowest BCUT2D eigenvalue weighted by molar-refractivity contribution is -0.121. The molecule has 168 valence electrons. The van der Waals surface area contributed by atoms with Crippen molar-refractivity contribution in [1.29, 1.82) is 0 Å². The second-order valence-electron chi connectivity index (χ2n) is 7.69. The largest absolute Gasteiger partial charge is 0.494 e. The van der Waals surface area contributed by atoms with Crippen molar-refractivity contribution in [1.82, 2.24) is 19.5 Å². The second-order valence-corrected chi connectivity index (χ2v) is 7.69. The molecular weight excluding hydrogens is 408 g/mol. The highest BCUT2D eigenvalue weighted by Gasteiger charge is 2.16. The summed E-state index contributed by atoms with van der Waals surface area (Å²) >= 11 is 0. The van der Waals surface area contributed by atoms with E-state index >= 15 is 0 Å². The summed E-state index contributed by atoms with van der Waals surface area (Å²) in [6, 6.07) is 11.3. The first-order valence-electron chi connectivity index (χ1n) is 11.0. The number of hydrogen-bond acceptors (Lipinski definition) is 5. The van der Waals surface area contributed by atoms with E-state index in [2.05, 4.69) is 10.4 Å². The third-order valence-electron chi connectivity index (χ3n) is 5.40. The minimum Gasteiger partial charge on any atom is -0.494 e. The van der Waals surface area contributed by atoms with Crippen molar-refractivity contribution in [2.45, 2.75) is 53.1 Å². The lowest BCUT2D eigenvalue weighted by Crippen LogP contribution is -2.28. The predicted octanol–water partition coefficient (Wildman–Crippen LogP) is 3.61. The van der Waals surface area contributed by atoms with Gasteiger partial charge in [-0.3, -0.25) is 14.0 Å². The molecule has 8 heteroatoms. The van der Waals surface area contributed by atoms with Crippen molar-refractivity contribution in [3.63, 3.8) is 0 Å². The fraction of sp³-hybridized carbons (Fsp3) is 0.375. The van der Waals surface area contributed by atoms with E-state index in [0.717, 1.165) is 28.4 Å². The summed E-state index contributed by atoms with van der Waals surface area (Å²) in [6.45, 7) is 7.16. The van der Waals surface area contributed by atoms with E-state index in [-0.39, 0.29) is 11.5 Å². The summed E-state index contributed by atoms with van der Waals surface area (Å²) in [5.74, 6) is 2.29. The number of carbonyl (C=O) groups is 1. The smallest absolute Gasteiger partial charge is 0.291 e. The molecule has 3 heterocycles. The van der Waals surface area contributed by atoms with Crippen LogP contribution in [0.1, 0.15) is 43.8 Å². The molecule has 32 heavy (non-hydrogen) atoms. The molecule has 8 nitrogen and oxygen atoms in total. The minimum absolute atomic E-state index is 0.0724. The highest BCUT2D eigenvalue weighted by atomic mass is 16.5. The van der Waals surface area contributed by atoms with Gasteiger partial charge < -0.3 is 14.5 Å². The molecule has 1 N–H and O–H groups in total. The number of amides is 1. The summed E-state index contributed by atoms with van der Waals surface area (Å²) in [5, 5.41) is 7.48. The van der Waals surface area contributed by atoms with Crippen LogP contribution in [0, 0.1) is 6.92 Å². The Morgan fingerprint density at radius 2 is 2.00 bits per heavy atom. The van der Waals surface area contributed by atoms with Crippen LogP contribution in [0.25, 0.3) is 16.6 Å². The fourth-order valence-electron chi connectivity index (χ4n) is 3.91. The number of benzene rings is 1. The van der Waals surface area contributed by atoms with Gasteiger partial charge >= 0.3 is 0 Å². The molecule has 0 fully saturated rings. The molecular formula is C24H28N4O4. The monoisotopic (exact) mass is 436 g/mol. The second kappa shape index (κ2) is 9.30. The zero-order valence-electron chi connectivity index (χ0n) is 18.7. The molecule has 0 saturated carbocycles. The van der Waals surface area contributed by atoms with Crippen LogP contribution in [0.5, 0.6) is 5.75 Å². The molecule has 0 saturated heterocycles. The maximum atomic E-state index is 13.0. The lowest BCUT2D eigenvalue weighted by atomic mass is 10.2. The number of ether oxygens (including phenoxy) is 1. The molecule has 4 rings (SSSR count). The van der Waals surface area contributed by atoms with Crippen LogP contribution < -0.4 is 15.6 Å². The van der Waals surface area contributed by atoms with Gasteiger partial charge in [-0.2, -0.15) is 5.10 Å². The van der Waals surface area contributed by atoms with Crippen LogP contribution in [0.15, 0.2) is 45.6 Å². The molecule has 1 amide bonds. The normalized spacial score (nSPS) is 11.3. The van der Waals surface area contributed by atoms with Gasteiger partial charge in [0.05, 0.1) is 12.1 Å². The van der Waals surface area contributed by atoms with Gasteiger partial charge in [0.15, 0.2) is 5.58 Å². The van der Waals surface area contributed by atoms with Gasteiger partial charge in [0, 0.05) is 43.6 Å². The van der Waals surface area contributed by atoms with E-state index in [0.29, 0.717) is 50.1 Å². The Labute approximate surface area is 185 Å². The number of rotatable bonds is 9.